The van der Waals surface area contributed by atoms with Crippen molar-refractivity contribution in [3.63, 3.8) is 0 Å². The third kappa shape index (κ3) is 55.8. The molecule has 0 unspecified atom stereocenters. The molecule has 18 nitrogen and oxygen atoms in total. The van der Waals surface area contributed by atoms with E-state index in [9.17, 15) is 40.9 Å². The Morgan fingerprint density at radius 2 is 0.426 bits per heavy atom. The molecular formula is C64H88Br8Mg4N4O14+4. The average molecular weight is 1870 g/mol. The molecule has 94 heavy (non-hydrogen) atoms. The second kappa shape index (κ2) is 71.3. The molecule has 0 spiro atoms. The summed E-state index contributed by atoms with van der Waals surface area (Å²) in [7, 11) is 0. The SMILES string of the molecule is C1CCOC1.C1CCOC1.C1CCOC1.C1CCOC1.C1CCOC1.C1CCOC1.[Mg+2].[Mg+2].[Mg+2].[Mg+2].[O-]CCC[NH+]=Cc1cc(Br)cc(Br)c1[O-].[O-]CCC[NH+]=Cc1cc(Br)cc(Br)c1[O-].[O-]CCC[NH+]=Cc1cc(Br)cc(Br)c1[O-].[O-]CCC[NH+]=Cc1cc(Br)cc(Br)c1[O-]. The molecular weight excluding hydrogens is 1790 g/mol. The number of benzene rings is 4. The van der Waals surface area contributed by atoms with Crippen LogP contribution in [0.1, 0.15) is 125 Å². The van der Waals surface area contributed by atoms with Crippen molar-refractivity contribution in [1.29, 1.82) is 0 Å². The van der Waals surface area contributed by atoms with Crippen molar-refractivity contribution >= 4 is 245 Å². The van der Waals surface area contributed by atoms with Gasteiger partial charge in [0.15, 0.2) is 24.9 Å². The number of nitrogens with one attached hydrogen (secondary N) is 4. The van der Waals surface area contributed by atoms with Crippen molar-refractivity contribution in [1.82, 2.24) is 0 Å². The Hall–Kier alpha value is 1.26. The van der Waals surface area contributed by atoms with Crippen LogP contribution in [-0.2, 0) is 28.4 Å². The summed E-state index contributed by atoms with van der Waals surface area (Å²) in [5.74, 6) is -0.249. The molecule has 6 heterocycles. The minimum absolute atomic E-state index is 0. The van der Waals surface area contributed by atoms with Gasteiger partial charge in [-0.15, -0.1) is 26.4 Å². The van der Waals surface area contributed by atoms with E-state index < -0.39 is 0 Å². The molecule has 4 aromatic carbocycles. The van der Waals surface area contributed by atoms with Crippen LogP contribution in [0.15, 0.2) is 84.3 Å². The van der Waals surface area contributed by atoms with E-state index in [1.165, 1.54) is 77.0 Å². The maximum atomic E-state index is 11.6. The van der Waals surface area contributed by atoms with E-state index in [0.29, 0.717) is 92.0 Å². The second-order valence-electron chi connectivity index (χ2n) is 19.8. The van der Waals surface area contributed by atoms with Gasteiger partial charge in [-0.3, -0.25) is 0 Å². The molecule has 508 valence electrons. The Morgan fingerprint density at radius 1 is 0.277 bits per heavy atom. The quantitative estimate of drug-likeness (QED) is 0.0701. The third-order valence-electron chi connectivity index (χ3n) is 12.0. The summed E-state index contributed by atoms with van der Waals surface area (Å²) in [5, 5.41) is 87.1. The molecule has 6 fully saturated rings. The molecule has 0 amide bonds. The normalized spacial score (nSPS) is 14.8. The van der Waals surface area contributed by atoms with Gasteiger partial charge in [-0.05, 0) is 151 Å². The van der Waals surface area contributed by atoms with Gasteiger partial charge in [0.2, 0.25) is 0 Å². The Labute approximate surface area is 689 Å². The first-order valence-corrected chi connectivity index (χ1v) is 36.6. The van der Waals surface area contributed by atoms with Crippen LogP contribution in [0.2, 0.25) is 0 Å². The van der Waals surface area contributed by atoms with E-state index in [-0.39, 0.29) is 142 Å². The zero-order valence-electron chi connectivity index (χ0n) is 54.0. The smallest absolute Gasteiger partial charge is 0.871 e. The van der Waals surface area contributed by atoms with E-state index in [0.717, 1.165) is 97.2 Å². The fraction of sp³-hybridized carbons (Fsp3) is 0.562. The van der Waals surface area contributed by atoms with E-state index in [2.05, 4.69) is 147 Å². The molecule has 6 saturated heterocycles. The molecule has 30 heteroatoms. The number of rotatable bonds is 16. The Balaban J connectivity index is -0.000000493. The standard InChI is InChI=1S/4C10H10Br2NO2.6C4H8O.4Mg/c4*11-8-4-7(6-13-2-1-3-14)10(15)9(12)5-8;6*1-2-4-5-3-1;;;;/h4*4-6,15H,1-3H2;6*1-4H2;;;;/q4*-1;;;;;;;4*+2. The van der Waals surface area contributed by atoms with Crippen molar-refractivity contribution in [2.24, 2.45) is 0 Å². The molecule has 0 radical (unpaired) electrons. The maximum Gasteiger partial charge on any atom is 2.00 e. The van der Waals surface area contributed by atoms with Crippen LogP contribution in [-0.4, -0.2) is 249 Å². The number of ether oxygens (including phenoxy) is 6. The first-order chi connectivity index (χ1) is 43.6. The molecule has 0 atom stereocenters. The van der Waals surface area contributed by atoms with Gasteiger partial charge in [-0.25, -0.2) is 20.0 Å². The van der Waals surface area contributed by atoms with Crippen LogP contribution in [0.25, 0.3) is 0 Å². The van der Waals surface area contributed by atoms with Gasteiger partial charge in [0.1, 0.15) is 26.2 Å². The van der Waals surface area contributed by atoms with Gasteiger partial charge in [0.25, 0.3) is 0 Å². The molecule has 6 aliphatic heterocycles. The molecule has 0 aromatic heterocycles. The molecule has 10 rings (SSSR count). The van der Waals surface area contributed by atoms with E-state index >= 15 is 0 Å². The first-order valence-electron chi connectivity index (χ1n) is 30.3. The van der Waals surface area contributed by atoms with Crippen LogP contribution >= 0.6 is 127 Å². The van der Waals surface area contributed by atoms with Crippen LogP contribution in [0.4, 0.5) is 0 Å². The van der Waals surface area contributed by atoms with Gasteiger partial charge in [-0.1, -0.05) is 150 Å². The topological polar surface area (TPSA) is 296 Å². The summed E-state index contributed by atoms with van der Waals surface area (Å²) in [6.45, 7) is 13.9. The molecule has 0 bridgehead atoms. The van der Waals surface area contributed by atoms with Crippen LogP contribution < -0.4 is 60.8 Å². The third-order valence-corrected chi connectivity index (χ3v) is 16.2. The van der Waals surface area contributed by atoms with Crippen molar-refractivity contribution < 1.29 is 89.2 Å². The second-order valence-corrected chi connectivity index (χ2v) is 26.8. The average Bonchev–Trinajstić information content (AvgIpc) is 1.25. The van der Waals surface area contributed by atoms with Crippen molar-refractivity contribution in [3.8, 4) is 23.0 Å². The summed E-state index contributed by atoms with van der Waals surface area (Å²) >= 11 is 25.9. The summed E-state index contributed by atoms with van der Waals surface area (Å²) < 4.78 is 35.1. The molecule has 0 aliphatic carbocycles. The molecule has 4 aromatic rings. The zero-order chi connectivity index (χ0) is 66.2. The van der Waals surface area contributed by atoms with Gasteiger partial charge in [-0.2, -0.15) is 0 Å². The van der Waals surface area contributed by atoms with Gasteiger partial charge in [0, 0.05) is 137 Å². The van der Waals surface area contributed by atoms with Crippen LogP contribution in [0.3, 0.4) is 0 Å². The van der Waals surface area contributed by atoms with E-state index in [4.69, 9.17) is 28.4 Å². The fourth-order valence-electron chi connectivity index (χ4n) is 7.24. The predicted octanol–water partition coefficient (Wildman–Crippen LogP) is 1.40. The van der Waals surface area contributed by atoms with Gasteiger partial charge < -0.3 is 69.3 Å². The van der Waals surface area contributed by atoms with E-state index in [1.807, 2.05) is 0 Å². The van der Waals surface area contributed by atoms with Gasteiger partial charge >= 0.3 is 92.2 Å². The minimum atomic E-state index is -0.104. The Bertz CT molecular complexity index is 2180. The molecule has 6 aliphatic rings. The maximum absolute atomic E-state index is 11.6. The first kappa shape index (κ1) is 102. The molecule has 4 N–H and O–H groups in total. The summed E-state index contributed by atoms with van der Waals surface area (Å²) in [5.41, 5.74) is 2.29. The summed E-state index contributed by atoms with van der Waals surface area (Å²) in [6, 6.07) is 13.8. The Morgan fingerprint density at radius 3 is 0.543 bits per heavy atom. The van der Waals surface area contributed by atoms with Crippen LogP contribution in [0.5, 0.6) is 23.0 Å². The summed E-state index contributed by atoms with van der Waals surface area (Å²) in [4.78, 5) is 11.7. The largest absolute Gasteiger partial charge is 2.00 e. The monoisotopic (exact) mass is 1860 g/mol. The van der Waals surface area contributed by atoms with Crippen LogP contribution in [0, 0.1) is 0 Å². The number of halogens is 8. The fourth-order valence-corrected chi connectivity index (χ4v) is 12.3. The van der Waals surface area contributed by atoms with Gasteiger partial charge in [0.05, 0.1) is 0 Å². The Kier molecular flexibility index (Phi) is 77.0. The number of hydrogen-bond donors (Lipinski definition) is 4. The molecule has 0 saturated carbocycles. The van der Waals surface area contributed by atoms with Crippen molar-refractivity contribution in [3.05, 3.63) is 107 Å². The minimum Gasteiger partial charge on any atom is -0.871 e. The number of hydrogen-bond acceptors (Lipinski definition) is 14. The van der Waals surface area contributed by atoms with Crippen molar-refractivity contribution in [2.45, 2.75) is 103 Å². The summed E-state index contributed by atoms with van der Waals surface area (Å²) in [6.07, 6.45) is 24.1. The zero-order valence-corrected chi connectivity index (χ0v) is 72.3. The van der Waals surface area contributed by atoms with E-state index in [1.54, 1.807) is 73.4 Å². The van der Waals surface area contributed by atoms with Crippen molar-refractivity contribution in [2.75, 3.05) is 132 Å². The predicted molar refractivity (Wildman–Crippen MR) is 390 cm³/mol.